The first-order valence-corrected chi connectivity index (χ1v) is 38.4. The SMILES string of the molecule is NCCC[Si]1O[Si](CCCNc2nc(N(c3ccccn3)c3ccccn3)nc(N(c3ccccn3)c3ccccn3)n2)O[Si]O[Si]O[Si](O[Si]2O[Si]O[Si](CCCNc3nc(N(c4ccccn4)c4ccccn4)nc(N(c4ccccn4)c4ccccn4)n3)O2)O1.[Pd].[Pd].[Pd].[Pd]. The van der Waals surface area contributed by atoms with E-state index in [9.17, 15) is 0 Å². The van der Waals surface area contributed by atoms with Crippen LogP contribution in [0.2, 0.25) is 18.1 Å². The Morgan fingerprint density at radius 3 is 0.959 bits per heavy atom. The molecule has 0 aliphatic carbocycles. The van der Waals surface area contributed by atoms with Crippen LogP contribution in [0.5, 0.6) is 0 Å². The van der Waals surface area contributed by atoms with E-state index in [2.05, 4.69) is 50.5 Å². The molecule has 0 spiro atoms. The van der Waals surface area contributed by atoms with Crippen LogP contribution in [0.1, 0.15) is 19.3 Å². The quantitative estimate of drug-likeness (QED) is 0.0346. The summed E-state index contributed by atoms with van der Waals surface area (Å²) >= 11 is 0. The molecule has 0 bridgehead atoms. The van der Waals surface area contributed by atoms with Gasteiger partial charge < -0.3 is 53.4 Å². The van der Waals surface area contributed by atoms with Gasteiger partial charge in [-0.3, -0.25) is 0 Å². The fraction of sp³-hybridized carbons (Fsp3) is 0.164. The van der Waals surface area contributed by atoms with Crippen LogP contribution in [0.25, 0.3) is 0 Å². The summed E-state index contributed by atoms with van der Waals surface area (Å²) in [5.74, 6) is 5.89. The van der Waals surface area contributed by atoms with E-state index in [1.54, 1.807) is 69.2 Å². The van der Waals surface area contributed by atoms with E-state index in [0.29, 0.717) is 104 Å². The monoisotopic (exact) mass is 1800 g/mol. The topological polar surface area (TPSA) is 327 Å². The molecule has 2 aliphatic heterocycles. The number of nitrogens with two attached hydrogens (primary N) is 1. The summed E-state index contributed by atoms with van der Waals surface area (Å²) < 4.78 is 56.3. The number of hydrogen-bond donors (Lipinski definition) is 3. The Balaban J connectivity index is 0.00000300. The van der Waals surface area contributed by atoms with Gasteiger partial charge in [-0.25, -0.2) is 59.5 Å². The molecule has 12 heterocycles. The zero-order chi connectivity index (χ0) is 63.1. The van der Waals surface area contributed by atoms with Crippen LogP contribution in [0.15, 0.2) is 195 Å². The Bertz CT molecular complexity index is 3520. The van der Waals surface area contributed by atoms with Crippen LogP contribution < -0.4 is 36.0 Å². The third-order valence-electron chi connectivity index (χ3n) is 12.8. The Morgan fingerprint density at radius 1 is 0.351 bits per heavy atom. The molecule has 2 fully saturated rings. The molecular weight excluding hydrogens is 1750 g/mol. The van der Waals surface area contributed by atoms with E-state index in [-0.39, 0.29) is 137 Å². The maximum Gasteiger partial charge on any atom is 0.550 e. The summed E-state index contributed by atoms with van der Waals surface area (Å²) in [5, 5.41) is 6.86. The minimum atomic E-state index is -2.52. The molecule has 0 unspecified atom stereocenters. The Morgan fingerprint density at radius 2 is 0.639 bits per heavy atom. The predicted octanol–water partition coefficient (Wildman–Crippen LogP) is 6.95. The van der Waals surface area contributed by atoms with E-state index >= 15 is 0 Å². The van der Waals surface area contributed by atoms with Crippen LogP contribution in [0, 0.1) is 0 Å². The van der Waals surface area contributed by atoms with Crippen LogP contribution in [0.3, 0.4) is 0 Å². The molecule has 10 aromatic rings. The molecule has 11 radical (unpaired) electrons. The summed E-state index contributed by atoms with van der Waals surface area (Å²) in [4.78, 5) is 74.1. The van der Waals surface area contributed by atoms with Gasteiger partial charge >= 0.3 is 76.9 Å². The predicted molar refractivity (Wildman–Crippen MR) is 351 cm³/mol. The van der Waals surface area contributed by atoms with Gasteiger partial charge in [0.2, 0.25) is 35.7 Å². The van der Waals surface area contributed by atoms with Crippen LogP contribution >= 0.6 is 0 Å². The largest absolute Gasteiger partial charge is 0.550 e. The van der Waals surface area contributed by atoms with Crippen molar-refractivity contribution in [3.63, 3.8) is 0 Å². The third kappa shape index (κ3) is 22.0. The fourth-order valence-corrected chi connectivity index (χ4v) is 23.5. The summed E-state index contributed by atoms with van der Waals surface area (Å²) in [6.07, 6.45) is 15.4. The van der Waals surface area contributed by atoms with E-state index in [0.717, 1.165) is 0 Å². The summed E-state index contributed by atoms with van der Waals surface area (Å²) in [7, 11) is -12.0. The van der Waals surface area contributed by atoms with Crippen LogP contribution in [-0.4, -0.2) is 166 Å². The molecule has 0 amide bonds. The van der Waals surface area contributed by atoms with Crippen molar-refractivity contribution in [2.75, 3.05) is 49.9 Å². The van der Waals surface area contributed by atoms with Gasteiger partial charge in [0.1, 0.15) is 46.5 Å². The number of anilines is 14. The van der Waals surface area contributed by atoms with Crippen molar-refractivity contribution in [1.82, 2.24) is 69.8 Å². The van der Waals surface area contributed by atoms with E-state index in [1.807, 2.05) is 146 Å². The van der Waals surface area contributed by atoms with Gasteiger partial charge in [-0.1, -0.05) is 48.5 Å². The average Bonchev–Trinajstić information content (AvgIpc) is 0.794. The van der Waals surface area contributed by atoms with Gasteiger partial charge in [-0.2, -0.15) is 29.9 Å². The Labute approximate surface area is 630 Å². The standard InChI is InChI=1S/C55H54N21O9Si8.4Pd/c56-28-17-39-91-82-89(40-18-37-65-50-67-52(73(42-20-1-9-29-57-42)43-21-2-10-30-58-43)71-53(68-50)74(44-22-3-11-31-59-44)45-23-4-12-32-60-45)78-86-77-87-80-92(84-91)85-93-81-88-79-90(83-93)41-19-38-66-51-69-54(75(46-24-5-13-33-61-46)47-25-6-14-34-62-47)72-55(70-51)76(48-26-7-15-35-63-48)49-27-8-16-36-64-49;;;;/h1-16,20-27,29-36H,17-19,28,37-41,56H2,(H,65,67,68,71)(H,66,69,70,72);;;;. The molecule has 505 valence electrons. The van der Waals surface area contributed by atoms with Gasteiger partial charge in [0.25, 0.3) is 0 Å². The van der Waals surface area contributed by atoms with Gasteiger partial charge in [0.15, 0.2) is 0 Å². The number of pyridine rings is 8. The number of hydrogen-bond acceptors (Lipinski definition) is 30. The number of aromatic nitrogens is 14. The molecular formula is C55H54N21O9Pd4Si8. The van der Waals surface area contributed by atoms with Gasteiger partial charge in [-0.15, -0.1) is 0 Å². The van der Waals surface area contributed by atoms with Crippen LogP contribution in [0.4, 0.5) is 82.2 Å². The summed E-state index contributed by atoms with van der Waals surface area (Å²) in [6.45, 7) is 1.27. The second-order valence-corrected chi connectivity index (χ2v) is 31.7. The van der Waals surface area contributed by atoms with Crippen molar-refractivity contribution in [2.45, 2.75) is 37.4 Å². The number of nitrogens with zero attached hydrogens (tertiary/aromatic N) is 18. The molecule has 4 N–H and O–H groups in total. The Kier molecular flexibility index (Phi) is 32.4. The molecule has 2 saturated heterocycles. The molecule has 42 heteroatoms. The van der Waals surface area contributed by atoms with Crippen molar-refractivity contribution >= 4 is 159 Å². The minimum Gasteiger partial charge on any atom is -0.414 e. The first kappa shape index (κ1) is 76.8. The van der Waals surface area contributed by atoms with Crippen molar-refractivity contribution in [3.05, 3.63) is 195 Å². The maximum absolute atomic E-state index is 6.72. The van der Waals surface area contributed by atoms with E-state index in [1.165, 1.54) is 0 Å². The summed E-state index contributed by atoms with van der Waals surface area (Å²) in [6, 6.07) is 46.3. The second-order valence-electron chi connectivity index (χ2n) is 19.1. The maximum atomic E-state index is 6.72. The van der Waals surface area contributed by atoms with Crippen molar-refractivity contribution in [3.8, 4) is 0 Å². The van der Waals surface area contributed by atoms with Crippen molar-refractivity contribution < 1.29 is 119 Å². The zero-order valence-corrected chi connectivity index (χ0v) is 64.6. The van der Waals surface area contributed by atoms with E-state index < -0.39 is 56.9 Å². The van der Waals surface area contributed by atoms with Gasteiger partial charge in [0.05, 0.1) is 0 Å². The molecule has 0 saturated carbocycles. The average molecular weight is 1800 g/mol. The molecule has 0 atom stereocenters. The third-order valence-corrected chi connectivity index (χ3v) is 26.5. The first-order chi connectivity index (χ1) is 46.1. The molecule has 30 nitrogen and oxygen atoms in total. The second kappa shape index (κ2) is 40.9. The molecule has 10 aromatic heterocycles. The van der Waals surface area contributed by atoms with E-state index in [4.69, 9.17) is 72.7 Å². The number of rotatable bonds is 27. The van der Waals surface area contributed by atoms with Gasteiger partial charge in [0, 0.05) is 144 Å². The normalized spacial score (nSPS) is 14.1. The smallest absolute Gasteiger partial charge is 0.414 e. The zero-order valence-electron chi connectivity index (χ0n) is 50.4. The fourth-order valence-electron chi connectivity index (χ4n) is 8.67. The molecule has 0 aromatic carbocycles. The minimum absolute atomic E-state index is 0. The summed E-state index contributed by atoms with van der Waals surface area (Å²) in [5.41, 5.74) is 6.05. The Hall–Kier alpha value is -6.00. The van der Waals surface area contributed by atoms with Crippen molar-refractivity contribution in [2.24, 2.45) is 5.73 Å². The molecule has 2 aliphatic rings. The van der Waals surface area contributed by atoms with Crippen molar-refractivity contribution in [1.29, 1.82) is 0 Å². The molecule has 97 heavy (non-hydrogen) atoms. The number of nitrogens with one attached hydrogen (secondary N) is 2. The van der Waals surface area contributed by atoms with Crippen LogP contribution in [-0.2, 0) is 119 Å². The van der Waals surface area contributed by atoms with Gasteiger partial charge in [-0.05, 0) is 141 Å². The first-order valence-electron chi connectivity index (χ1n) is 28.9. The molecule has 12 rings (SSSR count).